The molecule has 1 nitrogen and oxygen atoms in total. The van der Waals surface area contributed by atoms with E-state index < -0.39 is 0 Å². The van der Waals surface area contributed by atoms with E-state index in [1.165, 1.54) is 37.8 Å². The van der Waals surface area contributed by atoms with Crippen molar-refractivity contribution in [2.24, 2.45) is 5.41 Å². The van der Waals surface area contributed by atoms with E-state index in [-0.39, 0.29) is 0 Å². The van der Waals surface area contributed by atoms with Gasteiger partial charge in [0.05, 0.1) is 0 Å². The van der Waals surface area contributed by atoms with Gasteiger partial charge in [-0.25, -0.2) is 0 Å². The molecule has 0 amide bonds. The normalized spacial score (nSPS) is 42.3. The van der Waals surface area contributed by atoms with Crippen molar-refractivity contribution in [3.05, 3.63) is 12.3 Å². The van der Waals surface area contributed by atoms with Crippen LogP contribution in [-0.4, -0.2) is 5.54 Å². The molecule has 0 saturated heterocycles. The summed E-state index contributed by atoms with van der Waals surface area (Å²) in [5.74, 6) is 0. The highest BCUT2D eigenvalue weighted by molar-refractivity contribution is 5.14. The summed E-state index contributed by atoms with van der Waals surface area (Å²) in [6.07, 6.45) is 8.02. The van der Waals surface area contributed by atoms with Gasteiger partial charge in [0.25, 0.3) is 0 Å². The first-order valence-corrected chi connectivity index (χ1v) is 5.54. The Morgan fingerprint density at radius 2 is 2.08 bits per heavy atom. The fourth-order valence-electron chi connectivity index (χ4n) is 3.40. The highest BCUT2D eigenvalue weighted by atomic mass is 15.0. The summed E-state index contributed by atoms with van der Waals surface area (Å²) in [5.41, 5.74) is 2.35. The zero-order valence-corrected chi connectivity index (χ0v) is 8.95. The zero-order chi connectivity index (χ0) is 9.53. The molecule has 1 heteroatoms. The second-order valence-electron chi connectivity index (χ2n) is 5.38. The molecule has 3 aliphatic carbocycles. The van der Waals surface area contributed by atoms with E-state index in [0.717, 1.165) is 6.42 Å². The van der Waals surface area contributed by atoms with Crippen LogP contribution >= 0.6 is 0 Å². The fraction of sp³-hybridized carbons (Fsp3) is 0.833. The van der Waals surface area contributed by atoms with E-state index in [2.05, 4.69) is 25.7 Å². The lowest BCUT2D eigenvalue weighted by Gasteiger charge is -2.60. The molecule has 3 rings (SSSR count). The van der Waals surface area contributed by atoms with Crippen LogP contribution in [0.1, 0.15) is 52.4 Å². The third-order valence-corrected chi connectivity index (χ3v) is 3.83. The molecule has 1 N–H and O–H groups in total. The minimum absolute atomic E-state index is 0.458. The van der Waals surface area contributed by atoms with Gasteiger partial charge in [0.1, 0.15) is 0 Å². The first kappa shape index (κ1) is 9.11. The van der Waals surface area contributed by atoms with Gasteiger partial charge in [0.15, 0.2) is 0 Å². The predicted molar refractivity (Wildman–Crippen MR) is 56.5 cm³/mol. The van der Waals surface area contributed by atoms with Crippen molar-refractivity contribution in [1.29, 1.82) is 0 Å². The molecular weight excluding hydrogens is 158 g/mol. The third-order valence-electron chi connectivity index (χ3n) is 3.83. The summed E-state index contributed by atoms with van der Waals surface area (Å²) in [5, 5.41) is 3.64. The van der Waals surface area contributed by atoms with Crippen molar-refractivity contribution in [3.8, 4) is 0 Å². The van der Waals surface area contributed by atoms with Crippen LogP contribution in [0.15, 0.2) is 12.3 Å². The minimum Gasteiger partial charge on any atom is -0.383 e. The standard InChI is InChI=1S/C12H21N/c1-4-10(2)13-12-7-5-6-11(3,8-12)9-12/h13H,2,4-9H2,1,3H3. The molecule has 0 unspecified atom stereocenters. The molecule has 3 fully saturated rings. The molecule has 0 aromatic rings. The molecule has 0 atom stereocenters. The number of fused-ring (bicyclic) bond motifs is 2. The molecule has 13 heavy (non-hydrogen) atoms. The smallest absolute Gasteiger partial charge is 0.0381 e. The average Bonchev–Trinajstić information content (AvgIpc) is 2.01. The lowest BCUT2D eigenvalue weighted by Crippen LogP contribution is -2.61. The second-order valence-corrected chi connectivity index (χ2v) is 5.38. The summed E-state index contributed by atoms with van der Waals surface area (Å²) in [4.78, 5) is 0. The fourth-order valence-corrected chi connectivity index (χ4v) is 3.40. The second kappa shape index (κ2) is 2.76. The van der Waals surface area contributed by atoms with E-state index in [9.17, 15) is 0 Å². The molecule has 0 radical (unpaired) electrons. The van der Waals surface area contributed by atoms with Crippen molar-refractivity contribution in [1.82, 2.24) is 5.32 Å². The molecular formula is C12H21N. The van der Waals surface area contributed by atoms with Crippen molar-refractivity contribution >= 4 is 0 Å². The summed E-state index contributed by atoms with van der Waals surface area (Å²) in [7, 11) is 0. The largest absolute Gasteiger partial charge is 0.383 e. The van der Waals surface area contributed by atoms with Crippen molar-refractivity contribution < 1.29 is 0 Å². The Balaban J connectivity index is 1.96. The Kier molecular flexibility index (Phi) is 1.94. The quantitative estimate of drug-likeness (QED) is 0.701. The van der Waals surface area contributed by atoms with Crippen LogP contribution in [0.2, 0.25) is 0 Å². The zero-order valence-electron chi connectivity index (χ0n) is 8.95. The van der Waals surface area contributed by atoms with E-state index in [1.807, 2.05) is 0 Å². The summed E-state index contributed by atoms with van der Waals surface area (Å²) >= 11 is 0. The first-order valence-electron chi connectivity index (χ1n) is 5.54. The van der Waals surface area contributed by atoms with Crippen molar-refractivity contribution in [2.75, 3.05) is 0 Å². The maximum Gasteiger partial charge on any atom is 0.0381 e. The number of nitrogens with one attached hydrogen (secondary N) is 1. The monoisotopic (exact) mass is 179 g/mol. The Bertz CT molecular complexity index is 223. The van der Waals surface area contributed by atoms with Crippen molar-refractivity contribution in [3.63, 3.8) is 0 Å². The lowest BCUT2D eigenvalue weighted by molar-refractivity contribution is -0.0326. The number of hydrogen-bond donors (Lipinski definition) is 1. The van der Waals surface area contributed by atoms with Crippen LogP contribution < -0.4 is 5.32 Å². The maximum absolute atomic E-state index is 4.05. The van der Waals surface area contributed by atoms with E-state index in [0.29, 0.717) is 11.0 Å². The van der Waals surface area contributed by atoms with Gasteiger partial charge in [0, 0.05) is 11.2 Å². The molecule has 0 aliphatic heterocycles. The SMILES string of the molecule is C=C(CC)NC12CCCC(C)(C1)C2. The first-order chi connectivity index (χ1) is 6.08. The van der Waals surface area contributed by atoms with Gasteiger partial charge < -0.3 is 5.32 Å². The van der Waals surface area contributed by atoms with E-state index >= 15 is 0 Å². The molecule has 0 aromatic carbocycles. The molecule has 3 saturated carbocycles. The van der Waals surface area contributed by atoms with Crippen LogP contribution in [0.25, 0.3) is 0 Å². The highest BCUT2D eigenvalue weighted by Gasteiger charge is 2.54. The molecule has 0 aromatic heterocycles. The van der Waals surface area contributed by atoms with Crippen LogP contribution in [0.5, 0.6) is 0 Å². The van der Waals surface area contributed by atoms with Crippen LogP contribution in [0.3, 0.4) is 0 Å². The summed E-state index contributed by atoms with van der Waals surface area (Å²) < 4.78 is 0. The molecule has 2 bridgehead atoms. The van der Waals surface area contributed by atoms with Gasteiger partial charge in [0.2, 0.25) is 0 Å². The molecule has 0 spiro atoms. The van der Waals surface area contributed by atoms with Gasteiger partial charge in [-0.15, -0.1) is 0 Å². The topological polar surface area (TPSA) is 12.0 Å². The van der Waals surface area contributed by atoms with Gasteiger partial charge in [-0.2, -0.15) is 0 Å². The molecule has 0 heterocycles. The summed E-state index contributed by atoms with van der Waals surface area (Å²) in [6, 6.07) is 0. The maximum atomic E-state index is 4.05. The number of rotatable bonds is 3. The van der Waals surface area contributed by atoms with Crippen LogP contribution in [0.4, 0.5) is 0 Å². The number of allylic oxidation sites excluding steroid dienone is 1. The van der Waals surface area contributed by atoms with Crippen LogP contribution in [-0.2, 0) is 0 Å². The van der Waals surface area contributed by atoms with Gasteiger partial charge >= 0.3 is 0 Å². The summed E-state index contributed by atoms with van der Waals surface area (Å²) in [6.45, 7) is 8.65. The van der Waals surface area contributed by atoms with Gasteiger partial charge in [-0.05, 0) is 37.5 Å². The Morgan fingerprint density at radius 1 is 1.38 bits per heavy atom. The highest BCUT2D eigenvalue weighted by Crippen LogP contribution is 2.58. The van der Waals surface area contributed by atoms with E-state index in [4.69, 9.17) is 0 Å². The predicted octanol–water partition coefficient (Wildman–Crippen LogP) is 3.22. The van der Waals surface area contributed by atoms with Gasteiger partial charge in [-0.1, -0.05) is 26.8 Å². The number of hydrogen-bond acceptors (Lipinski definition) is 1. The van der Waals surface area contributed by atoms with E-state index in [1.54, 1.807) is 0 Å². The Labute approximate surface area is 81.6 Å². The lowest BCUT2D eigenvalue weighted by atomic mass is 9.50. The average molecular weight is 179 g/mol. The minimum atomic E-state index is 0.458. The molecule has 3 aliphatic rings. The Hall–Kier alpha value is -0.460. The van der Waals surface area contributed by atoms with Crippen LogP contribution in [0, 0.1) is 5.41 Å². The molecule has 74 valence electrons. The third kappa shape index (κ3) is 1.49. The van der Waals surface area contributed by atoms with Crippen molar-refractivity contribution in [2.45, 2.75) is 57.9 Å². The Morgan fingerprint density at radius 3 is 2.62 bits per heavy atom. The van der Waals surface area contributed by atoms with Gasteiger partial charge in [-0.3, -0.25) is 0 Å².